The van der Waals surface area contributed by atoms with E-state index in [1.165, 1.54) is 16.7 Å². The second-order valence-corrected chi connectivity index (χ2v) is 11.7. The largest absolute Gasteiger partial charge is 0.457 e. The molecule has 0 unspecified atom stereocenters. The first-order valence-electron chi connectivity index (χ1n) is 15.3. The predicted molar refractivity (Wildman–Crippen MR) is 183 cm³/mol. The van der Waals surface area contributed by atoms with Crippen molar-refractivity contribution in [2.24, 2.45) is 0 Å². The molecule has 7 aromatic carbocycles. The summed E-state index contributed by atoms with van der Waals surface area (Å²) in [6.07, 6.45) is 0. The minimum absolute atomic E-state index is 0.556. The Hall–Kier alpha value is -5.86. The van der Waals surface area contributed by atoms with E-state index in [1.807, 2.05) is 12.1 Å². The quantitative estimate of drug-likeness (QED) is 0.208. The Balaban J connectivity index is 1.24. The van der Waals surface area contributed by atoms with Crippen LogP contribution in [0.1, 0.15) is 22.3 Å². The van der Waals surface area contributed by atoms with Crippen LogP contribution < -0.4 is 4.74 Å². The Morgan fingerprint density at radius 3 is 1.49 bits per heavy atom. The smallest absolute Gasteiger partial charge is 0.136 e. The van der Waals surface area contributed by atoms with Gasteiger partial charge in [-0.05, 0) is 75.8 Å². The predicted octanol–water partition coefficient (Wildman–Crippen LogP) is 11.4. The van der Waals surface area contributed by atoms with Gasteiger partial charge in [-0.2, -0.15) is 0 Å². The van der Waals surface area contributed by atoms with Crippen molar-refractivity contribution in [2.45, 2.75) is 5.41 Å². The molecule has 2 heteroatoms. The molecule has 0 aliphatic carbocycles. The standard InChI is InChI=1S/C43H28O2/c1-4-12-29(13-5-1)31-20-23-35-36-24-21-32(28-42(36)45-41(35)27-31)30-22-25-40-38(26-30)43(33-14-6-2-7-15-33,34-16-8-3-9-17-34)37-18-10-11-19-39(37)44-40/h1-28H. The van der Waals surface area contributed by atoms with E-state index < -0.39 is 5.41 Å². The number of fused-ring (bicyclic) bond motifs is 5. The molecule has 2 heterocycles. The van der Waals surface area contributed by atoms with Gasteiger partial charge in [-0.25, -0.2) is 0 Å². The molecule has 212 valence electrons. The van der Waals surface area contributed by atoms with Gasteiger partial charge in [-0.15, -0.1) is 0 Å². The Morgan fingerprint density at radius 1 is 0.356 bits per heavy atom. The maximum Gasteiger partial charge on any atom is 0.136 e. The number of hydrogen-bond donors (Lipinski definition) is 0. The zero-order valence-electron chi connectivity index (χ0n) is 24.5. The number of ether oxygens (including phenoxy) is 1. The van der Waals surface area contributed by atoms with Gasteiger partial charge in [0.15, 0.2) is 0 Å². The summed E-state index contributed by atoms with van der Waals surface area (Å²) in [5.74, 6) is 1.74. The lowest BCUT2D eigenvalue weighted by Gasteiger charge is -2.41. The van der Waals surface area contributed by atoms with Crippen LogP contribution >= 0.6 is 0 Å². The highest BCUT2D eigenvalue weighted by molar-refractivity contribution is 6.07. The third-order valence-corrected chi connectivity index (χ3v) is 9.22. The summed E-state index contributed by atoms with van der Waals surface area (Å²) in [6.45, 7) is 0. The number of rotatable bonds is 4. The first kappa shape index (κ1) is 25.6. The minimum Gasteiger partial charge on any atom is -0.457 e. The van der Waals surface area contributed by atoms with Crippen LogP contribution in [0.15, 0.2) is 174 Å². The summed E-state index contributed by atoms with van der Waals surface area (Å²) in [4.78, 5) is 0. The van der Waals surface area contributed by atoms with Crippen molar-refractivity contribution in [3.63, 3.8) is 0 Å². The molecule has 2 nitrogen and oxygen atoms in total. The molecule has 0 radical (unpaired) electrons. The molecule has 0 fully saturated rings. The fraction of sp³-hybridized carbons (Fsp3) is 0.0233. The van der Waals surface area contributed by atoms with Crippen molar-refractivity contribution < 1.29 is 9.15 Å². The first-order valence-corrected chi connectivity index (χ1v) is 15.3. The Bertz CT molecular complexity index is 2290. The summed E-state index contributed by atoms with van der Waals surface area (Å²) in [5.41, 5.74) is 10.4. The van der Waals surface area contributed by atoms with E-state index in [2.05, 4.69) is 158 Å². The molecule has 9 rings (SSSR count). The highest BCUT2D eigenvalue weighted by atomic mass is 16.5. The van der Waals surface area contributed by atoms with Crippen molar-refractivity contribution >= 4 is 21.9 Å². The van der Waals surface area contributed by atoms with Crippen LogP contribution in [0.3, 0.4) is 0 Å². The zero-order chi connectivity index (χ0) is 29.8. The van der Waals surface area contributed by atoms with Crippen LogP contribution in [0.5, 0.6) is 11.5 Å². The first-order chi connectivity index (χ1) is 22.3. The molecule has 0 N–H and O–H groups in total. The van der Waals surface area contributed by atoms with Crippen molar-refractivity contribution in [3.05, 3.63) is 192 Å². The number of furan rings is 1. The van der Waals surface area contributed by atoms with Crippen molar-refractivity contribution in [1.29, 1.82) is 0 Å². The SMILES string of the molecule is c1ccc(-c2ccc3c(c2)oc2cc(-c4ccc5c(c4)C(c4ccccc4)(c4ccccc4)c4ccccc4O5)ccc23)cc1. The van der Waals surface area contributed by atoms with Crippen LogP contribution in [-0.4, -0.2) is 0 Å². The van der Waals surface area contributed by atoms with E-state index in [1.54, 1.807) is 0 Å². The van der Waals surface area contributed by atoms with Gasteiger partial charge in [0.1, 0.15) is 22.7 Å². The molecule has 0 saturated heterocycles. The normalized spacial score (nSPS) is 13.2. The molecule has 0 atom stereocenters. The van der Waals surface area contributed by atoms with Crippen LogP contribution in [0.2, 0.25) is 0 Å². The molecule has 1 aliphatic rings. The summed E-state index contributed by atoms with van der Waals surface area (Å²) < 4.78 is 13.1. The fourth-order valence-corrected chi connectivity index (χ4v) is 7.15. The molecule has 45 heavy (non-hydrogen) atoms. The van der Waals surface area contributed by atoms with Crippen molar-refractivity contribution in [1.82, 2.24) is 0 Å². The van der Waals surface area contributed by atoms with Gasteiger partial charge in [-0.1, -0.05) is 127 Å². The average Bonchev–Trinajstić information content (AvgIpc) is 3.49. The number of hydrogen-bond acceptors (Lipinski definition) is 2. The molecule has 0 amide bonds. The topological polar surface area (TPSA) is 22.4 Å². The fourth-order valence-electron chi connectivity index (χ4n) is 7.15. The van der Waals surface area contributed by atoms with Gasteiger partial charge >= 0.3 is 0 Å². The second-order valence-electron chi connectivity index (χ2n) is 11.7. The van der Waals surface area contributed by atoms with Gasteiger partial charge in [0, 0.05) is 21.9 Å². The van der Waals surface area contributed by atoms with Crippen LogP contribution in [0, 0.1) is 0 Å². The third-order valence-electron chi connectivity index (χ3n) is 9.22. The van der Waals surface area contributed by atoms with Gasteiger partial charge < -0.3 is 9.15 Å². The summed E-state index contributed by atoms with van der Waals surface area (Å²) >= 11 is 0. The molecule has 0 saturated carbocycles. The maximum atomic E-state index is 6.61. The molecule has 1 aromatic heterocycles. The summed E-state index contributed by atoms with van der Waals surface area (Å²) in [5, 5.41) is 2.24. The van der Waals surface area contributed by atoms with Gasteiger partial charge in [-0.3, -0.25) is 0 Å². The Labute approximate surface area is 261 Å². The summed E-state index contributed by atoms with van der Waals surface area (Å²) in [7, 11) is 0. The average molecular weight is 577 g/mol. The van der Waals surface area contributed by atoms with E-state index in [0.29, 0.717) is 0 Å². The lowest BCUT2D eigenvalue weighted by atomic mass is 9.63. The second kappa shape index (κ2) is 10.1. The Kier molecular flexibility index (Phi) is 5.76. The van der Waals surface area contributed by atoms with Crippen LogP contribution in [0.4, 0.5) is 0 Å². The molecular weight excluding hydrogens is 548 g/mol. The lowest BCUT2D eigenvalue weighted by molar-refractivity contribution is 0.434. The van der Waals surface area contributed by atoms with Crippen molar-refractivity contribution in [3.8, 4) is 33.8 Å². The van der Waals surface area contributed by atoms with E-state index in [9.17, 15) is 0 Å². The maximum absolute atomic E-state index is 6.61. The summed E-state index contributed by atoms with van der Waals surface area (Å²) in [6, 6.07) is 60.1. The monoisotopic (exact) mass is 576 g/mol. The van der Waals surface area contributed by atoms with Gasteiger partial charge in [0.05, 0.1) is 5.41 Å². The van der Waals surface area contributed by atoms with Crippen LogP contribution in [0.25, 0.3) is 44.2 Å². The molecule has 1 aliphatic heterocycles. The minimum atomic E-state index is -0.556. The van der Waals surface area contributed by atoms with Crippen molar-refractivity contribution in [2.75, 3.05) is 0 Å². The van der Waals surface area contributed by atoms with E-state index >= 15 is 0 Å². The molecular formula is C43H28O2. The number of para-hydroxylation sites is 1. The Morgan fingerprint density at radius 2 is 0.844 bits per heavy atom. The highest BCUT2D eigenvalue weighted by Crippen LogP contribution is 2.55. The van der Waals surface area contributed by atoms with Gasteiger partial charge in [0.25, 0.3) is 0 Å². The van der Waals surface area contributed by atoms with Crippen LogP contribution in [-0.2, 0) is 5.41 Å². The zero-order valence-corrected chi connectivity index (χ0v) is 24.5. The third kappa shape index (κ3) is 3.96. The lowest BCUT2D eigenvalue weighted by Crippen LogP contribution is -2.34. The molecule has 0 spiro atoms. The van der Waals surface area contributed by atoms with E-state index in [4.69, 9.17) is 9.15 Å². The number of benzene rings is 7. The molecule has 8 aromatic rings. The van der Waals surface area contributed by atoms with E-state index in [-0.39, 0.29) is 0 Å². The van der Waals surface area contributed by atoms with E-state index in [0.717, 1.165) is 61.3 Å². The van der Waals surface area contributed by atoms with Gasteiger partial charge in [0.2, 0.25) is 0 Å². The highest BCUT2D eigenvalue weighted by Gasteiger charge is 2.45. The molecule has 0 bridgehead atoms.